The first-order valence-corrected chi connectivity index (χ1v) is 9.96. The van der Waals surface area contributed by atoms with Gasteiger partial charge in [0.1, 0.15) is 0 Å². The minimum absolute atomic E-state index is 0.0492. The van der Waals surface area contributed by atoms with Gasteiger partial charge in [0, 0.05) is 17.1 Å². The summed E-state index contributed by atoms with van der Waals surface area (Å²) in [6, 6.07) is 6.51. The van der Waals surface area contributed by atoms with E-state index < -0.39 is 5.41 Å². The first kappa shape index (κ1) is 20.3. The van der Waals surface area contributed by atoms with Crippen LogP contribution in [0.3, 0.4) is 0 Å². The number of ether oxygens (including phenoxy) is 1. The van der Waals surface area contributed by atoms with E-state index >= 15 is 0 Å². The van der Waals surface area contributed by atoms with Crippen LogP contribution >= 0.6 is 0 Å². The third kappa shape index (κ3) is 3.74. The molecule has 0 saturated heterocycles. The summed E-state index contributed by atoms with van der Waals surface area (Å²) < 4.78 is 5.30. The lowest BCUT2D eigenvalue weighted by Crippen LogP contribution is -2.34. The molecule has 148 valence electrons. The molecule has 1 aromatic rings. The third-order valence-electron chi connectivity index (χ3n) is 5.45. The Bertz CT molecular complexity index is 896. The highest BCUT2D eigenvalue weighted by Crippen LogP contribution is 2.41. The average Bonchev–Trinajstić information content (AvgIpc) is 2.99. The Morgan fingerprint density at radius 2 is 1.89 bits per heavy atom. The minimum atomic E-state index is -0.637. The van der Waals surface area contributed by atoms with Crippen LogP contribution in [0.2, 0.25) is 0 Å². The largest absolute Gasteiger partial charge is 0.466 e. The van der Waals surface area contributed by atoms with Crippen LogP contribution in [-0.2, 0) is 9.53 Å². The molecule has 0 saturated carbocycles. The number of carbonyl (C=O) groups excluding carboxylic acids is 1. The molecule has 0 aromatic heterocycles. The Morgan fingerprint density at radius 3 is 2.50 bits per heavy atom. The van der Waals surface area contributed by atoms with Crippen LogP contribution < -0.4 is 5.73 Å². The molecule has 2 N–H and O–H groups in total. The number of esters is 1. The van der Waals surface area contributed by atoms with E-state index in [0.29, 0.717) is 13.2 Å². The summed E-state index contributed by atoms with van der Waals surface area (Å²) in [5, 5.41) is 0. The van der Waals surface area contributed by atoms with Gasteiger partial charge in [-0.1, -0.05) is 29.3 Å². The Balaban J connectivity index is 2.05. The predicted molar refractivity (Wildman–Crippen MR) is 115 cm³/mol. The van der Waals surface area contributed by atoms with Gasteiger partial charge >= 0.3 is 5.97 Å². The summed E-state index contributed by atoms with van der Waals surface area (Å²) in [6.45, 7) is 10.9. The van der Waals surface area contributed by atoms with E-state index in [4.69, 9.17) is 15.5 Å². The fourth-order valence-electron chi connectivity index (χ4n) is 3.92. The van der Waals surface area contributed by atoms with Crippen molar-refractivity contribution < 1.29 is 9.53 Å². The summed E-state index contributed by atoms with van der Waals surface area (Å²) in [5.41, 5.74) is 13.1. The van der Waals surface area contributed by atoms with Gasteiger partial charge in [-0.05, 0) is 71.4 Å². The number of nitrogens with zero attached hydrogens (tertiary/aromatic N) is 1. The van der Waals surface area contributed by atoms with E-state index in [2.05, 4.69) is 44.2 Å². The van der Waals surface area contributed by atoms with Crippen LogP contribution in [0.25, 0.3) is 5.70 Å². The lowest BCUT2D eigenvalue weighted by atomic mass is 9.74. The van der Waals surface area contributed by atoms with Gasteiger partial charge in [0.05, 0.1) is 23.4 Å². The van der Waals surface area contributed by atoms with Crippen LogP contribution in [-0.4, -0.2) is 24.8 Å². The van der Waals surface area contributed by atoms with E-state index in [1.54, 1.807) is 0 Å². The minimum Gasteiger partial charge on any atom is -0.466 e. The molecule has 3 rings (SSSR count). The van der Waals surface area contributed by atoms with Gasteiger partial charge in [0.15, 0.2) is 0 Å². The van der Waals surface area contributed by atoms with E-state index in [-0.39, 0.29) is 11.9 Å². The van der Waals surface area contributed by atoms with E-state index in [0.717, 1.165) is 34.5 Å². The van der Waals surface area contributed by atoms with E-state index in [1.165, 1.54) is 11.1 Å². The van der Waals surface area contributed by atoms with Crippen LogP contribution in [0.15, 0.2) is 52.6 Å². The molecule has 1 heterocycles. The molecule has 0 spiro atoms. The van der Waals surface area contributed by atoms with Gasteiger partial charge < -0.3 is 10.5 Å². The van der Waals surface area contributed by atoms with Crippen molar-refractivity contribution in [2.24, 2.45) is 22.1 Å². The lowest BCUT2D eigenvalue weighted by Gasteiger charge is -2.30. The van der Waals surface area contributed by atoms with Crippen molar-refractivity contribution in [3.8, 4) is 0 Å². The molecule has 28 heavy (non-hydrogen) atoms. The van der Waals surface area contributed by atoms with Gasteiger partial charge in [0.2, 0.25) is 0 Å². The summed E-state index contributed by atoms with van der Waals surface area (Å²) >= 11 is 0. The second-order valence-corrected chi connectivity index (χ2v) is 8.15. The highest BCUT2D eigenvalue weighted by molar-refractivity contribution is 6.19. The molecule has 0 radical (unpaired) electrons. The van der Waals surface area contributed by atoms with Gasteiger partial charge in [-0.3, -0.25) is 4.79 Å². The predicted octanol–water partition coefficient (Wildman–Crippen LogP) is 4.52. The topological polar surface area (TPSA) is 64.7 Å². The molecular weight excluding hydrogens is 348 g/mol. The van der Waals surface area contributed by atoms with Gasteiger partial charge in [-0.15, -0.1) is 0 Å². The summed E-state index contributed by atoms with van der Waals surface area (Å²) in [5.74, 6) is -0.231. The van der Waals surface area contributed by atoms with E-state index in [9.17, 15) is 4.79 Å². The van der Waals surface area contributed by atoms with Gasteiger partial charge in [-0.25, -0.2) is 4.99 Å². The number of hydrogen-bond acceptors (Lipinski definition) is 4. The standard InChI is InChI=1S/C24H30N2O2/c1-6-28-23(27)24(4,5)18-7-8-21-20(14-18)19(9-10-25)22(26-21)17-12-15(2)11-16(3)13-17/h7-8,11-14,18H,6,9-10,25H2,1-5H3. The summed E-state index contributed by atoms with van der Waals surface area (Å²) in [6.07, 6.45) is 7.01. The molecule has 0 bridgehead atoms. The maximum atomic E-state index is 12.5. The highest BCUT2D eigenvalue weighted by atomic mass is 16.5. The zero-order valence-electron chi connectivity index (χ0n) is 17.5. The molecule has 2 aliphatic rings. The molecule has 1 atom stereocenters. The Hall–Kier alpha value is -2.46. The first-order chi connectivity index (χ1) is 13.3. The van der Waals surface area contributed by atoms with Crippen molar-refractivity contribution in [1.29, 1.82) is 0 Å². The fraction of sp³-hybridized carbons (Fsp3) is 0.417. The normalized spacial score (nSPS) is 18.7. The molecule has 1 aliphatic heterocycles. The number of nitrogens with two attached hydrogens (primary N) is 1. The molecular formula is C24H30N2O2. The first-order valence-electron chi connectivity index (χ1n) is 9.96. The number of hydrogen-bond donors (Lipinski definition) is 1. The van der Waals surface area contributed by atoms with Crippen molar-refractivity contribution in [1.82, 2.24) is 0 Å². The quantitative estimate of drug-likeness (QED) is 0.740. The third-order valence-corrected chi connectivity index (χ3v) is 5.45. The van der Waals surface area contributed by atoms with Crippen LogP contribution in [0.1, 0.15) is 43.9 Å². The molecule has 4 heteroatoms. The second kappa shape index (κ2) is 7.88. The zero-order chi connectivity index (χ0) is 20.5. The Kier molecular flexibility index (Phi) is 5.71. The summed E-state index contributed by atoms with van der Waals surface area (Å²) in [7, 11) is 0. The molecule has 1 aromatic carbocycles. The van der Waals surface area contributed by atoms with Crippen LogP contribution in [0, 0.1) is 25.2 Å². The Labute approximate surface area is 167 Å². The number of carbonyl (C=O) groups is 1. The molecule has 1 unspecified atom stereocenters. The number of fused-ring (bicyclic) bond motifs is 1. The molecule has 0 fully saturated rings. The monoisotopic (exact) mass is 378 g/mol. The van der Waals surface area contributed by atoms with Crippen molar-refractivity contribution in [3.05, 3.63) is 64.3 Å². The summed E-state index contributed by atoms with van der Waals surface area (Å²) in [4.78, 5) is 17.4. The van der Waals surface area contributed by atoms with Crippen molar-refractivity contribution in [2.45, 2.75) is 41.0 Å². The maximum Gasteiger partial charge on any atom is 0.312 e. The molecule has 1 aliphatic carbocycles. The van der Waals surface area contributed by atoms with Gasteiger partial charge in [-0.2, -0.15) is 0 Å². The van der Waals surface area contributed by atoms with Crippen LogP contribution in [0.5, 0.6) is 0 Å². The van der Waals surface area contributed by atoms with Crippen molar-refractivity contribution >= 4 is 17.4 Å². The van der Waals surface area contributed by atoms with Crippen molar-refractivity contribution in [3.63, 3.8) is 0 Å². The second-order valence-electron chi connectivity index (χ2n) is 8.15. The van der Waals surface area contributed by atoms with Gasteiger partial charge in [0.25, 0.3) is 0 Å². The zero-order valence-corrected chi connectivity index (χ0v) is 17.5. The molecule has 0 amide bonds. The highest BCUT2D eigenvalue weighted by Gasteiger charge is 2.38. The number of rotatable bonds is 6. The van der Waals surface area contributed by atoms with Crippen LogP contribution in [0.4, 0.5) is 0 Å². The van der Waals surface area contributed by atoms with E-state index in [1.807, 2.05) is 26.8 Å². The number of aliphatic imine (C=N–C) groups is 1. The smallest absolute Gasteiger partial charge is 0.312 e. The molecule has 4 nitrogen and oxygen atoms in total. The maximum absolute atomic E-state index is 12.5. The fourth-order valence-corrected chi connectivity index (χ4v) is 3.92. The Morgan fingerprint density at radius 1 is 1.21 bits per heavy atom. The lowest BCUT2D eigenvalue weighted by molar-refractivity contribution is -0.154. The number of benzene rings is 1. The number of allylic oxidation sites excluding steroid dienone is 4. The average molecular weight is 379 g/mol. The SMILES string of the molecule is CCOC(=O)C(C)(C)C1C=CC2=NC(c3cc(C)cc(C)c3)=C(CCN)C2=C1. The van der Waals surface area contributed by atoms with Crippen molar-refractivity contribution in [2.75, 3.05) is 13.2 Å². The number of aryl methyl sites for hydroxylation is 2.